The summed E-state index contributed by atoms with van der Waals surface area (Å²) in [5, 5.41) is 15.3. The van der Waals surface area contributed by atoms with E-state index >= 15 is 0 Å². The number of carbonyl (C=O) groups is 2. The Labute approximate surface area is 134 Å². The number of phenolic OH excluding ortho intramolecular Hbond substituents is 1. The molecule has 0 saturated heterocycles. The molecule has 2 amide bonds. The molecule has 3 N–H and O–H groups in total. The Hall–Kier alpha value is -2.82. The minimum absolute atomic E-state index is 0.0388. The van der Waals surface area contributed by atoms with Gasteiger partial charge in [0.1, 0.15) is 5.75 Å². The van der Waals surface area contributed by atoms with E-state index in [0.717, 1.165) is 24.1 Å². The van der Waals surface area contributed by atoms with Crippen molar-refractivity contribution >= 4 is 17.5 Å². The monoisotopic (exact) mass is 310 g/mol. The van der Waals surface area contributed by atoms with E-state index in [9.17, 15) is 14.7 Å². The normalized spacial score (nSPS) is 13.4. The number of anilines is 1. The molecule has 1 saturated carbocycles. The third kappa shape index (κ3) is 3.88. The van der Waals surface area contributed by atoms with Gasteiger partial charge in [0.15, 0.2) is 0 Å². The fraction of sp³-hybridized carbons (Fsp3) is 0.222. The van der Waals surface area contributed by atoms with E-state index < -0.39 is 0 Å². The van der Waals surface area contributed by atoms with Crippen LogP contribution >= 0.6 is 0 Å². The maximum atomic E-state index is 12.0. The van der Waals surface area contributed by atoms with Gasteiger partial charge in [-0.1, -0.05) is 24.3 Å². The summed E-state index contributed by atoms with van der Waals surface area (Å²) >= 11 is 0. The van der Waals surface area contributed by atoms with E-state index in [1.807, 2.05) is 24.3 Å². The van der Waals surface area contributed by atoms with Crippen molar-refractivity contribution in [1.82, 2.24) is 5.32 Å². The number of nitrogens with one attached hydrogen (secondary N) is 2. The van der Waals surface area contributed by atoms with Crippen LogP contribution in [0, 0.1) is 5.92 Å². The van der Waals surface area contributed by atoms with Crippen LogP contribution in [-0.4, -0.2) is 16.9 Å². The number of phenols is 1. The molecule has 0 radical (unpaired) electrons. The SMILES string of the molecule is O=C(NCc1ccc(NC(=O)C2CC2)cc1)c1ccccc1O. The van der Waals surface area contributed by atoms with Gasteiger partial charge in [0.05, 0.1) is 5.56 Å². The highest BCUT2D eigenvalue weighted by Gasteiger charge is 2.29. The Morgan fingerprint density at radius 3 is 2.39 bits per heavy atom. The van der Waals surface area contributed by atoms with E-state index in [1.54, 1.807) is 18.2 Å². The Kier molecular flexibility index (Phi) is 4.28. The zero-order valence-electron chi connectivity index (χ0n) is 12.6. The topological polar surface area (TPSA) is 78.4 Å². The predicted octanol–water partition coefficient (Wildman–Crippen LogP) is 2.67. The first kappa shape index (κ1) is 15.1. The summed E-state index contributed by atoms with van der Waals surface area (Å²) in [6, 6.07) is 13.8. The summed E-state index contributed by atoms with van der Waals surface area (Å²) in [4.78, 5) is 23.7. The maximum Gasteiger partial charge on any atom is 0.255 e. The van der Waals surface area contributed by atoms with Gasteiger partial charge in [0, 0.05) is 18.2 Å². The Bertz CT molecular complexity index is 721. The number of hydrogen-bond donors (Lipinski definition) is 3. The molecular formula is C18H18N2O3. The first-order valence-corrected chi connectivity index (χ1v) is 7.59. The summed E-state index contributed by atoms with van der Waals surface area (Å²) in [5.74, 6) is -0.115. The first-order valence-electron chi connectivity index (χ1n) is 7.59. The summed E-state index contributed by atoms with van der Waals surface area (Å²) in [6.45, 7) is 0.351. The van der Waals surface area contributed by atoms with Crippen molar-refractivity contribution in [2.75, 3.05) is 5.32 Å². The van der Waals surface area contributed by atoms with Gasteiger partial charge in [-0.05, 0) is 42.7 Å². The second kappa shape index (κ2) is 6.52. The number of rotatable bonds is 5. The highest BCUT2D eigenvalue weighted by Crippen LogP contribution is 2.30. The second-order valence-electron chi connectivity index (χ2n) is 5.66. The van der Waals surface area contributed by atoms with Crippen LogP contribution in [0.5, 0.6) is 5.75 Å². The molecule has 2 aromatic carbocycles. The van der Waals surface area contributed by atoms with Gasteiger partial charge in [0.25, 0.3) is 5.91 Å². The van der Waals surface area contributed by atoms with E-state index in [4.69, 9.17) is 0 Å². The molecule has 3 rings (SSSR count). The van der Waals surface area contributed by atoms with Crippen LogP contribution in [-0.2, 0) is 11.3 Å². The van der Waals surface area contributed by atoms with Gasteiger partial charge >= 0.3 is 0 Å². The van der Waals surface area contributed by atoms with Crippen LogP contribution in [0.3, 0.4) is 0 Å². The molecule has 5 heteroatoms. The second-order valence-corrected chi connectivity index (χ2v) is 5.66. The van der Waals surface area contributed by atoms with Gasteiger partial charge in [-0.15, -0.1) is 0 Å². The van der Waals surface area contributed by atoms with Crippen LogP contribution in [0.15, 0.2) is 48.5 Å². The maximum absolute atomic E-state index is 12.0. The van der Waals surface area contributed by atoms with Crippen molar-refractivity contribution in [3.05, 3.63) is 59.7 Å². The van der Waals surface area contributed by atoms with Crippen molar-refractivity contribution < 1.29 is 14.7 Å². The average molecular weight is 310 g/mol. The molecule has 0 bridgehead atoms. The van der Waals surface area contributed by atoms with Crippen molar-refractivity contribution in [2.24, 2.45) is 5.92 Å². The quantitative estimate of drug-likeness (QED) is 0.794. The van der Waals surface area contributed by atoms with Gasteiger partial charge in [0.2, 0.25) is 5.91 Å². The van der Waals surface area contributed by atoms with Gasteiger partial charge in [-0.2, -0.15) is 0 Å². The molecule has 0 spiro atoms. The van der Waals surface area contributed by atoms with E-state index in [-0.39, 0.29) is 29.0 Å². The molecule has 0 aliphatic heterocycles. The fourth-order valence-electron chi connectivity index (χ4n) is 2.24. The third-order valence-corrected chi connectivity index (χ3v) is 3.77. The highest BCUT2D eigenvalue weighted by molar-refractivity contribution is 5.96. The molecule has 5 nitrogen and oxygen atoms in total. The fourth-order valence-corrected chi connectivity index (χ4v) is 2.24. The number of benzene rings is 2. The van der Waals surface area contributed by atoms with Crippen LogP contribution in [0.25, 0.3) is 0 Å². The molecule has 0 unspecified atom stereocenters. The lowest BCUT2D eigenvalue weighted by Crippen LogP contribution is -2.22. The lowest BCUT2D eigenvalue weighted by Gasteiger charge is -2.08. The van der Waals surface area contributed by atoms with Crippen molar-refractivity contribution in [3.8, 4) is 5.75 Å². The Morgan fingerprint density at radius 1 is 1.04 bits per heavy atom. The highest BCUT2D eigenvalue weighted by atomic mass is 16.3. The molecule has 118 valence electrons. The largest absolute Gasteiger partial charge is 0.507 e. The number of aromatic hydroxyl groups is 1. The zero-order valence-corrected chi connectivity index (χ0v) is 12.6. The number of carbonyl (C=O) groups excluding carboxylic acids is 2. The van der Waals surface area contributed by atoms with E-state index in [1.165, 1.54) is 6.07 Å². The smallest absolute Gasteiger partial charge is 0.255 e. The summed E-state index contributed by atoms with van der Waals surface area (Å²) in [5.41, 5.74) is 1.93. The third-order valence-electron chi connectivity index (χ3n) is 3.77. The summed E-state index contributed by atoms with van der Waals surface area (Å²) in [7, 11) is 0. The standard InChI is InChI=1S/C18H18N2O3/c21-16-4-2-1-3-15(16)18(23)19-11-12-5-9-14(10-6-12)20-17(22)13-7-8-13/h1-6,9-10,13,21H,7-8,11H2,(H,19,23)(H,20,22). The average Bonchev–Trinajstić information content (AvgIpc) is 3.39. The zero-order chi connectivity index (χ0) is 16.2. The molecule has 1 fully saturated rings. The van der Waals surface area contributed by atoms with Crippen molar-refractivity contribution in [3.63, 3.8) is 0 Å². The van der Waals surface area contributed by atoms with E-state index in [2.05, 4.69) is 10.6 Å². The van der Waals surface area contributed by atoms with Crippen molar-refractivity contribution in [2.45, 2.75) is 19.4 Å². The van der Waals surface area contributed by atoms with Crippen LogP contribution < -0.4 is 10.6 Å². The first-order chi connectivity index (χ1) is 11.1. The van der Waals surface area contributed by atoms with E-state index in [0.29, 0.717) is 6.54 Å². The molecule has 23 heavy (non-hydrogen) atoms. The minimum atomic E-state index is -0.325. The van der Waals surface area contributed by atoms with Gasteiger partial charge in [-0.3, -0.25) is 9.59 Å². The molecule has 1 aliphatic rings. The van der Waals surface area contributed by atoms with Crippen molar-refractivity contribution in [1.29, 1.82) is 0 Å². The molecule has 0 atom stereocenters. The molecule has 0 heterocycles. The lowest BCUT2D eigenvalue weighted by atomic mass is 10.1. The number of para-hydroxylation sites is 1. The number of hydrogen-bond acceptors (Lipinski definition) is 3. The number of amides is 2. The molecule has 1 aliphatic carbocycles. The lowest BCUT2D eigenvalue weighted by molar-refractivity contribution is -0.117. The predicted molar refractivity (Wildman–Crippen MR) is 87.1 cm³/mol. The summed E-state index contributed by atoms with van der Waals surface area (Å²) in [6.07, 6.45) is 1.95. The summed E-state index contributed by atoms with van der Waals surface area (Å²) < 4.78 is 0. The van der Waals surface area contributed by atoms with Gasteiger partial charge < -0.3 is 15.7 Å². The van der Waals surface area contributed by atoms with Crippen LogP contribution in [0.4, 0.5) is 5.69 Å². The molecule has 0 aromatic heterocycles. The molecular weight excluding hydrogens is 292 g/mol. The Balaban J connectivity index is 1.55. The van der Waals surface area contributed by atoms with Crippen LogP contribution in [0.1, 0.15) is 28.8 Å². The van der Waals surface area contributed by atoms with Crippen LogP contribution in [0.2, 0.25) is 0 Å². The molecule has 2 aromatic rings. The van der Waals surface area contributed by atoms with Gasteiger partial charge in [-0.25, -0.2) is 0 Å². The minimum Gasteiger partial charge on any atom is -0.507 e. The Morgan fingerprint density at radius 2 is 1.74 bits per heavy atom.